The number of nitrogens with zero attached hydrogens (tertiary/aromatic N) is 3. The first-order chi connectivity index (χ1) is 15.3. The monoisotopic (exact) mass is 481 g/mol. The molecule has 0 bridgehead atoms. The fraction of sp³-hybridized carbons (Fsp3) is 0.409. The lowest BCUT2D eigenvalue weighted by Gasteiger charge is -2.20. The fourth-order valence-electron chi connectivity index (χ4n) is 2.99. The normalized spacial score (nSPS) is 13.9. The molecule has 0 aliphatic heterocycles. The Hall–Kier alpha value is -2.89. The summed E-state index contributed by atoms with van der Waals surface area (Å²) in [6.45, 7) is 3.76. The van der Waals surface area contributed by atoms with Gasteiger partial charge in [0.15, 0.2) is 6.10 Å². The van der Waals surface area contributed by atoms with E-state index in [0.717, 1.165) is 10.6 Å². The largest absolute Gasteiger partial charge is 0.479 e. The molecular weight excluding hydrogens is 453 g/mol. The summed E-state index contributed by atoms with van der Waals surface area (Å²) in [4.78, 5) is 19.7. The van der Waals surface area contributed by atoms with Gasteiger partial charge in [0.05, 0.1) is 23.7 Å². The van der Waals surface area contributed by atoms with Crippen LogP contribution in [0.2, 0.25) is 0 Å². The maximum absolute atomic E-state index is 13.5. The van der Waals surface area contributed by atoms with Gasteiger partial charge in [0.1, 0.15) is 5.82 Å². The molecule has 1 unspecified atom stereocenters. The topological polar surface area (TPSA) is 141 Å². The molecule has 180 valence electrons. The summed E-state index contributed by atoms with van der Waals surface area (Å²) in [5.74, 6) is -2.10. The van der Waals surface area contributed by atoms with Crippen LogP contribution in [0.1, 0.15) is 43.9 Å². The molecule has 0 fully saturated rings. The van der Waals surface area contributed by atoms with Crippen molar-refractivity contribution in [1.82, 2.24) is 9.97 Å². The highest BCUT2D eigenvalue weighted by Crippen LogP contribution is 2.31. The molecule has 0 aliphatic carbocycles. The van der Waals surface area contributed by atoms with E-state index in [1.165, 1.54) is 31.3 Å². The van der Waals surface area contributed by atoms with E-state index < -0.39 is 34.0 Å². The van der Waals surface area contributed by atoms with Gasteiger partial charge in [-0.3, -0.25) is 0 Å². The van der Waals surface area contributed by atoms with Crippen molar-refractivity contribution in [2.24, 2.45) is 0 Å². The molecule has 0 saturated carbocycles. The lowest BCUT2D eigenvalue weighted by Crippen LogP contribution is -2.33. The summed E-state index contributed by atoms with van der Waals surface area (Å²) in [6, 6.07) is 5.58. The number of halogens is 1. The minimum Gasteiger partial charge on any atom is -0.479 e. The van der Waals surface area contributed by atoms with E-state index in [9.17, 15) is 27.8 Å². The Morgan fingerprint density at radius 3 is 2.30 bits per heavy atom. The van der Waals surface area contributed by atoms with Crippen LogP contribution in [0.4, 0.5) is 10.3 Å². The Bertz CT molecular complexity index is 1120. The van der Waals surface area contributed by atoms with Crippen molar-refractivity contribution in [2.45, 2.75) is 44.8 Å². The number of allylic oxidation sites excluding steroid dienone is 1. The van der Waals surface area contributed by atoms with E-state index in [1.807, 2.05) is 13.8 Å². The second-order valence-electron chi connectivity index (χ2n) is 7.89. The number of rotatable bonds is 10. The molecule has 1 heterocycles. The molecule has 2 atom stereocenters. The van der Waals surface area contributed by atoms with Gasteiger partial charge in [-0.1, -0.05) is 26.0 Å². The van der Waals surface area contributed by atoms with Crippen molar-refractivity contribution in [1.29, 1.82) is 0 Å². The van der Waals surface area contributed by atoms with Gasteiger partial charge in [0, 0.05) is 18.2 Å². The molecule has 3 N–H and O–H groups in total. The van der Waals surface area contributed by atoms with Crippen molar-refractivity contribution in [3.63, 3.8) is 0 Å². The van der Waals surface area contributed by atoms with E-state index in [0.29, 0.717) is 22.5 Å². The predicted octanol–water partition coefficient (Wildman–Crippen LogP) is 2.40. The first-order valence-corrected chi connectivity index (χ1v) is 12.0. The zero-order valence-electron chi connectivity index (χ0n) is 18.8. The summed E-state index contributed by atoms with van der Waals surface area (Å²) in [6.07, 6.45) is 1.34. The van der Waals surface area contributed by atoms with Crippen LogP contribution in [0.5, 0.6) is 0 Å². The molecule has 2 aromatic rings. The fourth-order valence-corrected chi connectivity index (χ4v) is 3.36. The first kappa shape index (κ1) is 26.4. The van der Waals surface area contributed by atoms with Crippen LogP contribution in [0, 0.1) is 5.82 Å². The van der Waals surface area contributed by atoms with Gasteiger partial charge in [-0.15, -0.1) is 0 Å². The van der Waals surface area contributed by atoms with Gasteiger partial charge < -0.3 is 15.3 Å². The number of anilines is 1. The third-order valence-electron chi connectivity index (χ3n) is 4.94. The number of carbonyl (C=O) groups is 1. The molecule has 9 nitrogen and oxygen atoms in total. The Kier molecular flexibility index (Phi) is 8.64. The SMILES string of the molecule is CC(C)c1nc(N(C)S(C)(=O)=O)nc(-c2ccc(F)cc2)c1/C=C/CC[C@@H](O)C(O)C(=O)O. The highest BCUT2D eigenvalue weighted by molar-refractivity contribution is 7.92. The van der Waals surface area contributed by atoms with E-state index in [-0.39, 0.29) is 24.7 Å². The van der Waals surface area contributed by atoms with Crippen LogP contribution in [0.25, 0.3) is 17.3 Å². The van der Waals surface area contributed by atoms with Gasteiger partial charge in [-0.05, 0) is 43.0 Å². The molecule has 0 amide bonds. The maximum Gasteiger partial charge on any atom is 0.335 e. The lowest BCUT2D eigenvalue weighted by molar-refractivity contribution is -0.152. The summed E-state index contributed by atoms with van der Waals surface area (Å²) >= 11 is 0. The molecule has 0 radical (unpaired) electrons. The number of carboxylic acids is 1. The summed E-state index contributed by atoms with van der Waals surface area (Å²) in [5, 5.41) is 28.0. The second-order valence-corrected chi connectivity index (χ2v) is 9.91. The minimum absolute atomic E-state index is 0.00260. The van der Waals surface area contributed by atoms with E-state index in [2.05, 4.69) is 9.97 Å². The highest BCUT2D eigenvalue weighted by Gasteiger charge is 2.23. The van der Waals surface area contributed by atoms with E-state index in [4.69, 9.17) is 5.11 Å². The Morgan fingerprint density at radius 2 is 1.79 bits per heavy atom. The average Bonchev–Trinajstić information content (AvgIpc) is 2.74. The average molecular weight is 482 g/mol. The number of aliphatic hydroxyl groups is 2. The molecule has 0 saturated heterocycles. The quantitative estimate of drug-likeness (QED) is 0.470. The third-order valence-corrected chi connectivity index (χ3v) is 6.10. The van der Waals surface area contributed by atoms with Crippen LogP contribution in [0.15, 0.2) is 30.3 Å². The molecule has 1 aromatic heterocycles. The van der Waals surface area contributed by atoms with Crippen molar-refractivity contribution in [3.8, 4) is 11.3 Å². The standard InChI is InChI=1S/C22H28FN3O6S/c1-13(2)18-16(7-5-6-8-17(27)20(28)21(29)30)19(14-9-11-15(23)12-10-14)25-22(24-18)26(3)33(4,31)32/h5,7,9-13,17,20,27-28H,6,8H2,1-4H3,(H,29,30)/b7-5+/t17-,20?/m1/s1. The maximum atomic E-state index is 13.5. The molecule has 0 aliphatic rings. The number of carboxylic acid groups (broad SMARTS) is 1. The zero-order valence-corrected chi connectivity index (χ0v) is 19.6. The van der Waals surface area contributed by atoms with Crippen molar-refractivity contribution in [2.75, 3.05) is 17.6 Å². The summed E-state index contributed by atoms with van der Waals surface area (Å²) < 4.78 is 38.6. The number of sulfonamides is 1. The number of hydrogen-bond donors (Lipinski definition) is 3. The third kappa shape index (κ3) is 6.80. The summed E-state index contributed by atoms with van der Waals surface area (Å²) in [5.41, 5.74) is 2.07. The predicted molar refractivity (Wildman–Crippen MR) is 123 cm³/mol. The van der Waals surface area contributed by atoms with Gasteiger partial charge >= 0.3 is 5.97 Å². The molecule has 0 spiro atoms. The van der Waals surface area contributed by atoms with E-state index in [1.54, 1.807) is 12.2 Å². The Labute approximate surface area is 192 Å². The van der Waals surface area contributed by atoms with Crippen molar-refractivity contribution >= 4 is 28.0 Å². The lowest BCUT2D eigenvalue weighted by atomic mass is 9.97. The Morgan fingerprint density at radius 1 is 1.18 bits per heavy atom. The molecule has 11 heteroatoms. The highest BCUT2D eigenvalue weighted by atomic mass is 32.2. The number of aromatic nitrogens is 2. The first-order valence-electron chi connectivity index (χ1n) is 10.2. The van der Waals surface area contributed by atoms with Crippen molar-refractivity contribution in [3.05, 3.63) is 47.4 Å². The minimum atomic E-state index is -3.63. The van der Waals surface area contributed by atoms with Crippen LogP contribution in [-0.2, 0) is 14.8 Å². The molecule has 2 rings (SSSR count). The van der Waals surface area contributed by atoms with Gasteiger partial charge in [0.25, 0.3) is 0 Å². The Balaban J connectivity index is 2.55. The van der Waals surface area contributed by atoms with Crippen LogP contribution in [-0.4, -0.2) is 65.2 Å². The smallest absolute Gasteiger partial charge is 0.335 e. The zero-order chi connectivity index (χ0) is 24.9. The second kappa shape index (κ2) is 10.8. The van der Waals surface area contributed by atoms with Gasteiger partial charge in [-0.2, -0.15) is 0 Å². The summed E-state index contributed by atoms with van der Waals surface area (Å²) in [7, 11) is -2.29. The number of benzene rings is 1. The molecule has 33 heavy (non-hydrogen) atoms. The van der Waals surface area contributed by atoms with Crippen molar-refractivity contribution < 1.29 is 32.9 Å². The van der Waals surface area contributed by atoms with E-state index >= 15 is 0 Å². The number of aliphatic carboxylic acids is 1. The van der Waals surface area contributed by atoms with Crippen LogP contribution >= 0.6 is 0 Å². The van der Waals surface area contributed by atoms with Crippen LogP contribution in [0.3, 0.4) is 0 Å². The number of aliphatic hydroxyl groups excluding tert-OH is 2. The van der Waals surface area contributed by atoms with Crippen LogP contribution < -0.4 is 4.31 Å². The molecular formula is C22H28FN3O6S. The molecule has 1 aromatic carbocycles. The van der Waals surface area contributed by atoms with Gasteiger partial charge in [-0.25, -0.2) is 31.9 Å². The number of hydrogen-bond acceptors (Lipinski definition) is 7. The van der Waals surface area contributed by atoms with Gasteiger partial charge in [0.2, 0.25) is 16.0 Å².